The first-order valence-corrected chi connectivity index (χ1v) is 10.4. The summed E-state index contributed by atoms with van der Waals surface area (Å²) in [5.74, 6) is -1.44. The molecule has 0 atom stereocenters. The van der Waals surface area contributed by atoms with Gasteiger partial charge in [-0.05, 0) is 47.7 Å². The molecule has 6 heteroatoms. The molecule has 6 nitrogen and oxygen atoms in total. The van der Waals surface area contributed by atoms with Crippen molar-refractivity contribution in [2.75, 3.05) is 19.7 Å². The lowest BCUT2D eigenvalue weighted by molar-refractivity contribution is -0.147. The summed E-state index contributed by atoms with van der Waals surface area (Å²) in [6, 6.07) is 24.9. The van der Waals surface area contributed by atoms with Gasteiger partial charge in [-0.3, -0.25) is 14.4 Å². The van der Waals surface area contributed by atoms with Crippen LogP contribution in [0.5, 0.6) is 0 Å². The molecule has 32 heavy (non-hydrogen) atoms. The van der Waals surface area contributed by atoms with Crippen molar-refractivity contribution in [3.05, 3.63) is 95.6 Å². The zero-order chi connectivity index (χ0) is 22.8. The van der Waals surface area contributed by atoms with E-state index in [4.69, 9.17) is 4.74 Å². The van der Waals surface area contributed by atoms with Crippen LogP contribution < -0.4 is 10.6 Å². The number of nitrogens with one attached hydrogen (secondary N) is 2. The van der Waals surface area contributed by atoms with Gasteiger partial charge in [0, 0.05) is 12.1 Å². The lowest BCUT2D eigenvalue weighted by Crippen LogP contribution is -2.34. The molecule has 0 unspecified atom stereocenters. The number of hydrogen-bond donors (Lipinski definition) is 2. The second-order valence-electron chi connectivity index (χ2n) is 7.31. The summed E-state index contributed by atoms with van der Waals surface area (Å²) in [6.45, 7) is 1.78. The molecule has 164 valence electrons. The SMILES string of the molecule is Cc1ccccc1CCNC(=O)COC(=O)CNC(=O)c1ccc(-c2ccccc2)cc1. The fraction of sp³-hybridized carbons (Fsp3) is 0.192. The van der Waals surface area contributed by atoms with Crippen LogP contribution in [-0.4, -0.2) is 37.5 Å². The summed E-state index contributed by atoms with van der Waals surface area (Å²) in [6.07, 6.45) is 0.700. The third kappa shape index (κ3) is 6.80. The minimum absolute atomic E-state index is 0.310. The molecule has 3 aromatic rings. The summed E-state index contributed by atoms with van der Waals surface area (Å²) in [7, 11) is 0. The standard InChI is InChI=1S/C26H26N2O4/c1-19-7-5-6-8-20(19)15-16-27-24(29)18-32-25(30)17-28-26(31)23-13-11-22(12-14-23)21-9-3-2-4-10-21/h2-14H,15-18H2,1H3,(H,27,29)(H,28,31). The number of hydrogen-bond acceptors (Lipinski definition) is 4. The molecule has 0 aliphatic heterocycles. The highest BCUT2D eigenvalue weighted by Crippen LogP contribution is 2.19. The minimum Gasteiger partial charge on any atom is -0.454 e. The molecule has 0 bridgehead atoms. The summed E-state index contributed by atoms with van der Waals surface area (Å²) < 4.78 is 4.93. The average molecular weight is 431 g/mol. The van der Waals surface area contributed by atoms with Gasteiger partial charge in [0.15, 0.2) is 6.61 Å². The Bertz CT molecular complexity index is 1060. The van der Waals surface area contributed by atoms with Crippen molar-refractivity contribution in [1.29, 1.82) is 0 Å². The first-order valence-electron chi connectivity index (χ1n) is 10.4. The molecule has 3 rings (SSSR count). The van der Waals surface area contributed by atoms with Gasteiger partial charge in [0.2, 0.25) is 0 Å². The van der Waals surface area contributed by atoms with Crippen molar-refractivity contribution in [1.82, 2.24) is 10.6 Å². The van der Waals surface area contributed by atoms with E-state index in [0.717, 1.165) is 16.7 Å². The van der Waals surface area contributed by atoms with Crippen molar-refractivity contribution < 1.29 is 19.1 Å². The average Bonchev–Trinajstić information content (AvgIpc) is 2.83. The zero-order valence-corrected chi connectivity index (χ0v) is 18.0. The molecule has 0 radical (unpaired) electrons. The van der Waals surface area contributed by atoms with Crippen LogP contribution in [0.2, 0.25) is 0 Å². The third-order valence-corrected chi connectivity index (χ3v) is 4.99. The molecule has 0 heterocycles. The van der Waals surface area contributed by atoms with Crippen molar-refractivity contribution in [3.8, 4) is 11.1 Å². The van der Waals surface area contributed by atoms with Crippen LogP contribution >= 0.6 is 0 Å². The van der Waals surface area contributed by atoms with Gasteiger partial charge in [-0.1, -0.05) is 66.7 Å². The lowest BCUT2D eigenvalue weighted by Gasteiger charge is -2.09. The van der Waals surface area contributed by atoms with E-state index in [2.05, 4.69) is 10.6 Å². The van der Waals surface area contributed by atoms with E-state index < -0.39 is 5.97 Å². The Labute approximate surface area is 187 Å². The third-order valence-electron chi connectivity index (χ3n) is 4.99. The normalized spacial score (nSPS) is 10.3. The molecule has 0 aliphatic carbocycles. The van der Waals surface area contributed by atoms with Gasteiger partial charge >= 0.3 is 5.97 Å². The van der Waals surface area contributed by atoms with Crippen LogP contribution in [0.4, 0.5) is 0 Å². The van der Waals surface area contributed by atoms with Crippen molar-refractivity contribution in [2.45, 2.75) is 13.3 Å². The number of rotatable bonds is 9. The second kappa shape index (κ2) is 11.5. The van der Waals surface area contributed by atoms with E-state index in [9.17, 15) is 14.4 Å². The summed E-state index contributed by atoms with van der Waals surface area (Å²) >= 11 is 0. The maximum atomic E-state index is 12.2. The molecule has 0 saturated carbocycles. The topological polar surface area (TPSA) is 84.5 Å². The van der Waals surface area contributed by atoms with E-state index >= 15 is 0 Å². The Kier molecular flexibility index (Phi) is 8.15. The first kappa shape index (κ1) is 22.7. The molecular formula is C26H26N2O4. The molecule has 0 fully saturated rings. The zero-order valence-electron chi connectivity index (χ0n) is 18.0. The molecule has 0 aromatic heterocycles. The Morgan fingerprint density at radius 2 is 1.44 bits per heavy atom. The van der Waals surface area contributed by atoms with Gasteiger partial charge in [-0.25, -0.2) is 0 Å². The Morgan fingerprint density at radius 1 is 0.781 bits per heavy atom. The maximum Gasteiger partial charge on any atom is 0.325 e. The Hall–Kier alpha value is -3.93. The summed E-state index contributed by atoms with van der Waals surface area (Å²) in [5.41, 5.74) is 4.81. The maximum absolute atomic E-state index is 12.2. The van der Waals surface area contributed by atoms with E-state index in [1.807, 2.05) is 73.7 Å². The Morgan fingerprint density at radius 3 is 2.16 bits per heavy atom. The number of carbonyl (C=O) groups is 3. The monoisotopic (exact) mass is 430 g/mol. The first-order chi connectivity index (χ1) is 15.5. The highest BCUT2D eigenvalue weighted by molar-refractivity contribution is 5.96. The second-order valence-corrected chi connectivity index (χ2v) is 7.31. The lowest BCUT2D eigenvalue weighted by atomic mass is 10.0. The van der Waals surface area contributed by atoms with Crippen LogP contribution in [0.1, 0.15) is 21.5 Å². The van der Waals surface area contributed by atoms with Gasteiger partial charge < -0.3 is 15.4 Å². The van der Waals surface area contributed by atoms with Crippen molar-refractivity contribution >= 4 is 17.8 Å². The van der Waals surface area contributed by atoms with Gasteiger partial charge in [-0.2, -0.15) is 0 Å². The van der Waals surface area contributed by atoms with Gasteiger partial charge in [0.05, 0.1) is 0 Å². The molecular weight excluding hydrogens is 404 g/mol. The number of ether oxygens (including phenoxy) is 1. The van der Waals surface area contributed by atoms with E-state index in [1.165, 1.54) is 5.56 Å². The fourth-order valence-corrected chi connectivity index (χ4v) is 3.17. The fourth-order valence-electron chi connectivity index (χ4n) is 3.17. The largest absolute Gasteiger partial charge is 0.454 e. The van der Waals surface area contributed by atoms with Gasteiger partial charge in [0.25, 0.3) is 11.8 Å². The number of aryl methyl sites for hydroxylation is 1. The van der Waals surface area contributed by atoms with Crippen LogP contribution in [0.15, 0.2) is 78.9 Å². The van der Waals surface area contributed by atoms with E-state index in [-0.39, 0.29) is 25.0 Å². The van der Waals surface area contributed by atoms with Gasteiger partial charge in [-0.15, -0.1) is 0 Å². The number of amides is 2. The quantitative estimate of drug-likeness (QED) is 0.510. The number of esters is 1. The molecule has 0 saturated heterocycles. The van der Waals surface area contributed by atoms with Crippen molar-refractivity contribution in [2.24, 2.45) is 0 Å². The highest BCUT2D eigenvalue weighted by Gasteiger charge is 2.11. The molecule has 0 aliphatic rings. The molecule has 0 spiro atoms. The predicted molar refractivity (Wildman–Crippen MR) is 123 cm³/mol. The smallest absolute Gasteiger partial charge is 0.325 e. The van der Waals surface area contributed by atoms with Crippen molar-refractivity contribution in [3.63, 3.8) is 0 Å². The summed E-state index contributed by atoms with van der Waals surface area (Å²) in [5, 5.41) is 5.23. The Balaban J connectivity index is 1.35. The predicted octanol–water partition coefficient (Wildman–Crippen LogP) is 3.29. The van der Waals surface area contributed by atoms with E-state index in [0.29, 0.717) is 18.5 Å². The summed E-state index contributed by atoms with van der Waals surface area (Å²) in [4.78, 5) is 35.9. The molecule has 3 aromatic carbocycles. The highest BCUT2D eigenvalue weighted by atomic mass is 16.5. The van der Waals surface area contributed by atoms with Crippen LogP contribution in [0.25, 0.3) is 11.1 Å². The van der Waals surface area contributed by atoms with Gasteiger partial charge in [0.1, 0.15) is 6.54 Å². The van der Waals surface area contributed by atoms with Crippen LogP contribution in [-0.2, 0) is 20.7 Å². The minimum atomic E-state index is -0.673. The number of carbonyl (C=O) groups excluding carboxylic acids is 3. The van der Waals surface area contributed by atoms with E-state index in [1.54, 1.807) is 12.1 Å². The van der Waals surface area contributed by atoms with Crippen LogP contribution in [0, 0.1) is 6.92 Å². The molecule has 2 N–H and O–H groups in total. The van der Waals surface area contributed by atoms with Crippen LogP contribution in [0.3, 0.4) is 0 Å². The number of benzene rings is 3. The molecule has 2 amide bonds.